The summed E-state index contributed by atoms with van der Waals surface area (Å²) in [7, 11) is 0. The molecule has 0 radical (unpaired) electrons. The molecule has 17 heavy (non-hydrogen) atoms. The maximum atomic E-state index is 11.5. The van der Waals surface area contributed by atoms with Gasteiger partial charge in [0.25, 0.3) is 0 Å². The smallest absolute Gasteiger partial charge is 0.323 e. The highest BCUT2D eigenvalue weighted by atomic mass is 32.2. The Hall–Kier alpha value is -0.220. The van der Waals surface area contributed by atoms with Crippen LogP contribution in [-0.4, -0.2) is 33.2 Å². The topological polar surface area (TPSA) is 49.3 Å². The van der Waals surface area contributed by atoms with Gasteiger partial charge in [-0.05, 0) is 38.5 Å². The van der Waals surface area contributed by atoms with Gasteiger partial charge in [0, 0.05) is 16.5 Å². The van der Waals surface area contributed by atoms with Crippen LogP contribution in [0.4, 0.5) is 0 Å². The molecule has 3 nitrogen and oxygen atoms in total. The fraction of sp³-hybridized carbons (Fsp3) is 0.923. The molecule has 3 unspecified atom stereocenters. The molecular formula is C13H23NO2S. The molecule has 98 valence electrons. The van der Waals surface area contributed by atoms with E-state index < -0.39 is 11.5 Å². The molecule has 0 aromatic rings. The highest BCUT2D eigenvalue weighted by Crippen LogP contribution is 2.41. The van der Waals surface area contributed by atoms with Gasteiger partial charge in [-0.2, -0.15) is 11.8 Å². The quantitative estimate of drug-likeness (QED) is 0.768. The molecule has 0 aromatic heterocycles. The minimum atomic E-state index is -0.642. The highest BCUT2D eigenvalue weighted by Gasteiger charge is 2.48. The Morgan fingerprint density at radius 3 is 2.76 bits per heavy atom. The Balaban J connectivity index is 1.93. The molecule has 0 aromatic carbocycles. The lowest BCUT2D eigenvalue weighted by Crippen LogP contribution is -2.51. The number of aliphatic carboxylic acids is 1. The summed E-state index contributed by atoms with van der Waals surface area (Å²) in [5.74, 6) is -0.642. The molecule has 2 saturated carbocycles. The zero-order valence-corrected chi connectivity index (χ0v) is 11.6. The summed E-state index contributed by atoms with van der Waals surface area (Å²) in [6, 6.07) is 0.471. The fourth-order valence-electron chi connectivity index (χ4n) is 2.55. The summed E-state index contributed by atoms with van der Waals surface area (Å²) in [4.78, 5) is 11.5. The Bertz CT molecular complexity index is 293. The average molecular weight is 257 g/mol. The van der Waals surface area contributed by atoms with Gasteiger partial charge in [-0.25, -0.2) is 0 Å². The molecule has 2 fully saturated rings. The van der Waals surface area contributed by atoms with Crippen molar-refractivity contribution in [1.29, 1.82) is 0 Å². The first kappa shape index (κ1) is 13.2. The van der Waals surface area contributed by atoms with Crippen molar-refractivity contribution in [3.05, 3.63) is 0 Å². The van der Waals surface area contributed by atoms with Gasteiger partial charge in [-0.1, -0.05) is 13.8 Å². The zero-order valence-electron chi connectivity index (χ0n) is 10.7. The first-order valence-electron chi connectivity index (χ1n) is 6.72. The normalized spacial score (nSPS) is 34.8. The van der Waals surface area contributed by atoms with E-state index in [-0.39, 0.29) is 0 Å². The third-order valence-electron chi connectivity index (χ3n) is 3.94. The summed E-state index contributed by atoms with van der Waals surface area (Å²) in [6.07, 6.45) is 6.11. The molecule has 2 rings (SSSR count). The van der Waals surface area contributed by atoms with E-state index in [4.69, 9.17) is 0 Å². The number of hydrogen-bond acceptors (Lipinski definition) is 3. The van der Waals surface area contributed by atoms with E-state index in [0.717, 1.165) is 38.5 Å². The van der Waals surface area contributed by atoms with E-state index in [9.17, 15) is 9.90 Å². The van der Waals surface area contributed by atoms with Crippen LogP contribution in [0.25, 0.3) is 0 Å². The molecule has 0 aliphatic heterocycles. The van der Waals surface area contributed by atoms with Crippen molar-refractivity contribution in [2.75, 3.05) is 0 Å². The molecule has 0 spiro atoms. The van der Waals surface area contributed by atoms with Crippen LogP contribution in [0.2, 0.25) is 0 Å². The number of rotatable bonds is 6. The molecule has 2 aliphatic rings. The Kier molecular flexibility index (Phi) is 4.03. The van der Waals surface area contributed by atoms with Crippen LogP contribution < -0.4 is 5.32 Å². The molecular weight excluding hydrogens is 234 g/mol. The van der Waals surface area contributed by atoms with Crippen molar-refractivity contribution >= 4 is 17.7 Å². The summed E-state index contributed by atoms with van der Waals surface area (Å²) in [6.45, 7) is 4.43. The highest BCUT2D eigenvalue weighted by molar-refractivity contribution is 8.00. The predicted octanol–water partition coefficient (Wildman–Crippen LogP) is 2.65. The predicted molar refractivity (Wildman–Crippen MR) is 71.5 cm³/mol. The summed E-state index contributed by atoms with van der Waals surface area (Å²) >= 11 is 1.97. The minimum absolute atomic E-state index is 0.471. The summed E-state index contributed by atoms with van der Waals surface area (Å²) in [5, 5.41) is 14.0. The second-order valence-electron chi connectivity index (χ2n) is 5.53. The van der Waals surface area contributed by atoms with E-state index in [1.165, 1.54) is 0 Å². The van der Waals surface area contributed by atoms with E-state index in [0.29, 0.717) is 16.5 Å². The van der Waals surface area contributed by atoms with Crippen LogP contribution in [0.1, 0.15) is 52.4 Å². The van der Waals surface area contributed by atoms with Gasteiger partial charge in [0.15, 0.2) is 0 Å². The standard InChI is InChI=1S/C13H23NO2S/c1-3-9(2)17-11-6-7-13(8-11,12(15)16)14-10-4-5-10/h9-11,14H,3-8H2,1-2H3,(H,15,16). The van der Waals surface area contributed by atoms with E-state index in [1.54, 1.807) is 0 Å². The van der Waals surface area contributed by atoms with Crippen molar-refractivity contribution in [1.82, 2.24) is 5.32 Å². The van der Waals surface area contributed by atoms with Crippen LogP contribution in [0.15, 0.2) is 0 Å². The van der Waals surface area contributed by atoms with Crippen molar-refractivity contribution in [3.63, 3.8) is 0 Å². The number of carboxylic acids is 1. The SMILES string of the molecule is CCC(C)SC1CCC(NC2CC2)(C(=O)O)C1. The molecule has 0 bridgehead atoms. The van der Waals surface area contributed by atoms with Gasteiger partial charge in [-0.3, -0.25) is 10.1 Å². The molecule has 2 N–H and O–H groups in total. The monoisotopic (exact) mass is 257 g/mol. The largest absolute Gasteiger partial charge is 0.480 e. The minimum Gasteiger partial charge on any atom is -0.480 e. The average Bonchev–Trinajstić information content (AvgIpc) is 2.99. The second-order valence-corrected chi connectivity index (χ2v) is 7.27. The number of carboxylic acid groups (broad SMARTS) is 1. The van der Waals surface area contributed by atoms with Gasteiger partial charge in [-0.15, -0.1) is 0 Å². The van der Waals surface area contributed by atoms with Crippen LogP contribution >= 0.6 is 11.8 Å². The second kappa shape index (κ2) is 5.19. The van der Waals surface area contributed by atoms with Gasteiger partial charge < -0.3 is 5.11 Å². The lowest BCUT2D eigenvalue weighted by atomic mass is 9.98. The maximum absolute atomic E-state index is 11.5. The first-order valence-corrected chi connectivity index (χ1v) is 7.66. The summed E-state index contributed by atoms with van der Waals surface area (Å²) < 4.78 is 0. The van der Waals surface area contributed by atoms with Crippen LogP contribution in [0.5, 0.6) is 0 Å². The fourth-order valence-corrected chi connectivity index (χ4v) is 4.03. The molecule has 4 heteroatoms. The van der Waals surface area contributed by atoms with Gasteiger partial charge in [0.2, 0.25) is 0 Å². The van der Waals surface area contributed by atoms with Crippen molar-refractivity contribution in [2.24, 2.45) is 0 Å². The first-order chi connectivity index (χ1) is 8.05. The van der Waals surface area contributed by atoms with E-state index >= 15 is 0 Å². The molecule has 0 heterocycles. The van der Waals surface area contributed by atoms with Crippen LogP contribution in [0, 0.1) is 0 Å². The van der Waals surface area contributed by atoms with Crippen molar-refractivity contribution < 1.29 is 9.90 Å². The lowest BCUT2D eigenvalue weighted by molar-refractivity contribution is -0.144. The van der Waals surface area contributed by atoms with Gasteiger partial charge in [0.1, 0.15) is 5.54 Å². The number of hydrogen-bond donors (Lipinski definition) is 2. The Morgan fingerprint density at radius 2 is 2.24 bits per heavy atom. The third kappa shape index (κ3) is 3.16. The third-order valence-corrected chi connectivity index (χ3v) is 5.52. The number of nitrogens with one attached hydrogen (secondary N) is 1. The van der Waals surface area contributed by atoms with E-state index in [1.807, 2.05) is 11.8 Å². The van der Waals surface area contributed by atoms with E-state index in [2.05, 4.69) is 19.2 Å². The summed E-state index contributed by atoms with van der Waals surface area (Å²) in [5.41, 5.74) is -0.619. The molecule has 0 saturated heterocycles. The van der Waals surface area contributed by atoms with Crippen LogP contribution in [-0.2, 0) is 4.79 Å². The Labute approximate surface area is 108 Å². The lowest BCUT2D eigenvalue weighted by Gasteiger charge is -2.26. The van der Waals surface area contributed by atoms with Gasteiger partial charge in [0.05, 0.1) is 0 Å². The maximum Gasteiger partial charge on any atom is 0.323 e. The zero-order chi connectivity index (χ0) is 12.5. The van der Waals surface area contributed by atoms with Crippen LogP contribution in [0.3, 0.4) is 0 Å². The Morgan fingerprint density at radius 1 is 1.53 bits per heavy atom. The molecule has 0 amide bonds. The number of carbonyl (C=O) groups is 1. The molecule has 3 atom stereocenters. The van der Waals surface area contributed by atoms with Crippen molar-refractivity contribution in [3.8, 4) is 0 Å². The molecule has 2 aliphatic carbocycles. The number of thioether (sulfide) groups is 1. The van der Waals surface area contributed by atoms with Gasteiger partial charge >= 0.3 is 5.97 Å². The van der Waals surface area contributed by atoms with Crippen molar-refractivity contribution in [2.45, 2.75) is 74.5 Å².